The molecule has 0 aliphatic heterocycles. The summed E-state index contributed by atoms with van der Waals surface area (Å²) in [6.07, 6.45) is 3.93. The van der Waals surface area contributed by atoms with Crippen molar-refractivity contribution in [2.45, 2.75) is 31.0 Å². The molecule has 0 fully saturated rings. The molecule has 0 saturated carbocycles. The lowest BCUT2D eigenvalue weighted by Crippen LogP contribution is -2.05. The monoisotopic (exact) mass is 222 g/mol. The van der Waals surface area contributed by atoms with Crippen LogP contribution in [0.25, 0.3) is 0 Å². The summed E-state index contributed by atoms with van der Waals surface area (Å²) in [5.74, 6) is 0. The zero-order chi connectivity index (χ0) is 8.53. The molecular formula is C8H15BrO2. The van der Waals surface area contributed by atoms with Crippen LogP contribution in [0.3, 0.4) is 0 Å². The Labute approximate surface area is 76.4 Å². The summed E-state index contributed by atoms with van der Waals surface area (Å²) >= 11 is 3.20. The van der Waals surface area contributed by atoms with Gasteiger partial charge < -0.3 is 9.53 Å². The fraction of sp³-hybridized carbons (Fsp3) is 0.875. The minimum atomic E-state index is -0.0378. The summed E-state index contributed by atoms with van der Waals surface area (Å²) in [5.41, 5.74) is 0. The number of aldehydes is 1. The first-order valence-electron chi connectivity index (χ1n) is 3.98. The van der Waals surface area contributed by atoms with Gasteiger partial charge in [0, 0.05) is 13.2 Å². The fourth-order valence-corrected chi connectivity index (χ4v) is 0.799. The van der Waals surface area contributed by atoms with E-state index >= 15 is 0 Å². The maximum atomic E-state index is 10.1. The maximum Gasteiger partial charge on any atom is 0.133 e. The molecule has 66 valence electrons. The van der Waals surface area contributed by atoms with Gasteiger partial charge in [-0.2, -0.15) is 0 Å². The zero-order valence-electron chi connectivity index (χ0n) is 6.88. The van der Waals surface area contributed by atoms with Crippen LogP contribution in [-0.4, -0.2) is 24.3 Å². The van der Waals surface area contributed by atoms with Crippen molar-refractivity contribution < 1.29 is 9.53 Å². The van der Waals surface area contributed by atoms with Crippen molar-refractivity contribution in [3.05, 3.63) is 0 Å². The SMILES string of the molecule is CCCCOCCC(Br)C=O. The normalized spacial score (nSPS) is 12.9. The quantitative estimate of drug-likeness (QED) is 0.375. The van der Waals surface area contributed by atoms with Gasteiger partial charge in [-0.15, -0.1) is 0 Å². The van der Waals surface area contributed by atoms with Crippen molar-refractivity contribution in [3.8, 4) is 0 Å². The number of unbranched alkanes of at least 4 members (excludes halogenated alkanes) is 1. The molecule has 0 amide bonds. The Morgan fingerprint density at radius 2 is 2.27 bits per heavy atom. The van der Waals surface area contributed by atoms with E-state index in [2.05, 4.69) is 22.9 Å². The molecule has 0 bridgehead atoms. The number of hydrogen-bond donors (Lipinski definition) is 0. The van der Waals surface area contributed by atoms with Gasteiger partial charge in [-0.1, -0.05) is 29.3 Å². The van der Waals surface area contributed by atoms with Gasteiger partial charge in [-0.3, -0.25) is 0 Å². The first-order valence-corrected chi connectivity index (χ1v) is 4.90. The van der Waals surface area contributed by atoms with Gasteiger partial charge in [0.1, 0.15) is 6.29 Å². The third-order valence-corrected chi connectivity index (χ3v) is 2.00. The number of ether oxygens (including phenoxy) is 1. The second kappa shape index (κ2) is 8.21. The van der Waals surface area contributed by atoms with Gasteiger partial charge in [-0.25, -0.2) is 0 Å². The third kappa shape index (κ3) is 8.01. The van der Waals surface area contributed by atoms with Crippen LogP contribution in [0.15, 0.2) is 0 Å². The molecule has 0 aromatic rings. The van der Waals surface area contributed by atoms with Crippen LogP contribution in [0.4, 0.5) is 0 Å². The molecule has 0 N–H and O–H groups in total. The second-order valence-corrected chi connectivity index (χ2v) is 3.58. The van der Waals surface area contributed by atoms with Crippen molar-refractivity contribution in [1.82, 2.24) is 0 Å². The van der Waals surface area contributed by atoms with Gasteiger partial charge in [0.25, 0.3) is 0 Å². The predicted octanol–water partition coefficient (Wildman–Crippen LogP) is 2.16. The standard InChI is InChI=1S/C8H15BrO2/c1-2-3-5-11-6-4-8(9)7-10/h7-8H,2-6H2,1H3. The Balaban J connectivity index is 2.95. The molecule has 11 heavy (non-hydrogen) atoms. The summed E-state index contributed by atoms with van der Waals surface area (Å²) in [5, 5.41) is 0. The van der Waals surface area contributed by atoms with E-state index in [-0.39, 0.29) is 4.83 Å². The summed E-state index contributed by atoms with van der Waals surface area (Å²) < 4.78 is 5.26. The van der Waals surface area contributed by atoms with Gasteiger partial charge >= 0.3 is 0 Å². The summed E-state index contributed by atoms with van der Waals surface area (Å²) in [4.78, 5) is 10.1. The van der Waals surface area contributed by atoms with Crippen molar-refractivity contribution in [1.29, 1.82) is 0 Å². The summed E-state index contributed by atoms with van der Waals surface area (Å²) in [6, 6.07) is 0. The second-order valence-electron chi connectivity index (χ2n) is 2.41. The number of hydrogen-bond acceptors (Lipinski definition) is 2. The Kier molecular flexibility index (Phi) is 8.29. The Morgan fingerprint density at radius 3 is 2.82 bits per heavy atom. The van der Waals surface area contributed by atoms with Crippen molar-refractivity contribution in [3.63, 3.8) is 0 Å². The van der Waals surface area contributed by atoms with Crippen LogP contribution in [0.5, 0.6) is 0 Å². The molecule has 1 unspecified atom stereocenters. The Bertz CT molecular complexity index is 96.1. The van der Waals surface area contributed by atoms with Gasteiger partial charge in [0.15, 0.2) is 0 Å². The van der Waals surface area contributed by atoms with Gasteiger partial charge in [0.2, 0.25) is 0 Å². The van der Waals surface area contributed by atoms with Crippen molar-refractivity contribution in [2.24, 2.45) is 0 Å². The lowest BCUT2D eigenvalue weighted by Gasteiger charge is -2.03. The van der Waals surface area contributed by atoms with Crippen LogP contribution < -0.4 is 0 Å². The maximum absolute atomic E-state index is 10.1. The molecule has 0 saturated heterocycles. The molecule has 0 heterocycles. The molecule has 0 radical (unpaired) electrons. The number of carbonyl (C=O) groups is 1. The average molecular weight is 223 g/mol. The molecule has 0 aromatic carbocycles. The average Bonchev–Trinajstić information content (AvgIpc) is 2.04. The fourth-order valence-electron chi connectivity index (χ4n) is 0.612. The molecule has 3 heteroatoms. The van der Waals surface area contributed by atoms with E-state index in [1.165, 1.54) is 0 Å². The predicted molar refractivity (Wildman–Crippen MR) is 49.1 cm³/mol. The van der Waals surface area contributed by atoms with Crippen LogP contribution in [0.1, 0.15) is 26.2 Å². The van der Waals surface area contributed by atoms with E-state index < -0.39 is 0 Å². The van der Waals surface area contributed by atoms with E-state index in [1.807, 2.05) is 0 Å². The van der Waals surface area contributed by atoms with E-state index in [0.29, 0.717) is 6.61 Å². The van der Waals surface area contributed by atoms with Crippen LogP contribution in [0, 0.1) is 0 Å². The summed E-state index contributed by atoms with van der Waals surface area (Å²) in [7, 11) is 0. The van der Waals surface area contributed by atoms with Crippen molar-refractivity contribution >= 4 is 22.2 Å². The van der Waals surface area contributed by atoms with E-state index in [9.17, 15) is 4.79 Å². The Morgan fingerprint density at radius 1 is 1.55 bits per heavy atom. The number of rotatable bonds is 7. The molecule has 2 nitrogen and oxygen atoms in total. The summed E-state index contributed by atoms with van der Waals surface area (Å²) in [6.45, 7) is 3.62. The molecule has 0 aromatic heterocycles. The highest BCUT2D eigenvalue weighted by atomic mass is 79.9. The number of alkyl halides is 1. The lowest BCUT2D eigenvalue weighted by atomic mass is 10.3. The first kappa shape index (κ1) is 11.1. The molecule has 0 spiro atoms. The highest BCUT2D eigenvalue weighted by Crippen LogP contribution is 2.01. The number of carbonyl (C=O) groups excluding carboxylic acids is 1. The molecule has 0 aliphatic rings. The van der Waals surface area contributed by atoms with Gasteiger partial charge in [-0.05, 0) is 12.8 Å². The molecule has 1 atom stereocenters. The molecule has 0 aliphatic carbocycles. The lowest BCUT2D eigenvalue weighted by molar-refractivity contribution is -0.107. The van der Waals surface area contributed by atoms with E-state index in [4.69, 9.17) is 4.74 Å². The minimum Gasteiger partial charge on any atom is -0.381 e. The van der Waals surface area contributed by atoms with Gasteiger partial charge in [0.05, 0.1) is 4.83 Å². The smallest absolute Gasteiger partial charge is 0.133 e. The Hall–Kier alpha value is 0.110. The zero-order valence-corrected chi connectivity index (χ0v) is 8.47. The molecule has 0 rings (SSSR count). The minimum absolute atomic E-state index is 0.0378. The highest BCUT2D eigenvalue weighted by molar-refractivity contribution is 9.09. The topological polar surface area (TPSA) is 26.3 Å². The van der Waals surface area contributed by atoms with Crippen LogP contribution in [0.2, 0.25) is 0 Å². The van der Waals surface area contributed by atoms with Crippen LogP contribution >= 0.6 is 15.9 Å². The molecular weight excluding hydrogens is 208 g/mol. The highest BCUT2D eigenvalue weighted by Gasteiger charge is 1.99. The largest absolute Gasteiger partial charge is 0.381 e. The van der Waals surface area contributed by atoms with Crippen molar-refractivity contribution in [2.75, 3.05) is 13.2 Å². The first-order chi connectivity index (χ1) is 5.31. The number of halogens is 1. The van der Waals surface area contributed by atoms with Crippen LogP contribution in [-0.2, 0) is 9.53 Å². The van der Waals surface area contributed by atoms with E-state index in [0.717, 1.165) is 32.2 Å². The third-order valence-electron chi connectivity index (χ3n) is 1.33. The van der Waals surface area contributed by atoms with E-state index in [1.54, 1.807) is 0 Å².